The van der Waals surface area contributed by atoms with Crippen molar-refractivity contribution in [3.8, 4) is 27.7 Å². The molecular weight excluding hydrogens is 270 g/mol. The van der Waals surface area contributed by atoms with Gasteiger partial charge in [0.05, 0.1) is 24.2 Å². The Morgan fingerprint density at radius 2 is 2.05 bits per heavy atom. The minimum Gasteiger partial charge on any atom is -0.495 e. The normalized spacial score (nSPS) is 10.4. The molecule has 2 aromatic heterocycles. The van der Waals surface area contributed by atoms with Gasteiger partial charge in [-0.2, -0.15) is 0 Å². The van der Waals surface area contributed by atoms with Gasteiger partial charge in [-0.3, -0.25) is 4.98 Å². The van der Waals surface area contributed by atoms with Gasteiger partial charge in [-0.05, 0) is 30.3 Å². The van der Waals surface area contributed by atoms with Crippen LogP contribution in [0.3, 0.4) is 0 Å². The second-order valence-corrected chi connectivity index (χ2v) is 5.07. The Morgan fingerprint density at radius 3 is 2.75 bits per heavy atom. The number of rotatable bonds is 3. The van der Waals surface area contributed by atoms with E-state index >= 15 is 0 Å². The lowest BCUT2D eigenvalue weighted by molar-refractivity contribution is 0.417. The predicted octanol–water partition coefficient (Wildman–Crippen LogP) is 3.46. The monoisotopic (exact) mass is 283 g/mol. The molecule has 0 aliphatic heterocycles. The van der Waals surface area contributed by atoms with Gasteiger partial charge in [-0.15, -0.1) is 11.3 Å². The van der Waals surface area contributed by atoms with E-state index in [2.05, 4.69) is 9.97 Å². The molecule has 2 heterocycles. The van der Waals surface area contributed by atoms with Crippen molar-refractivity contribution in [3.63, 3.8) is 0 Å². The lowest BCUT2D eigenvalue weighted by Crippen LogP contribution is -1.92. The molecule has 0 radical (unpaired) electrons. The van der Waals surface area contributed by atoms with E-state index in [-0.39, 0.29) is 0 Å². The van der Waals surface area contributed by atoms with Crippen molar-refractivity contribution in [2.75, 3.05) is 12.8 Å². The van der Waals surface area contributed by atoms with Crippen molar-refractivity contribution in [2.45, 2.75) is 0 Å². The summed E-state index contributed by atoms with van der Waals surface area (Å²) in [5.74, 6) is 0.675. The first kappa shape index (κ1) is 12.6. The predicted molar refractivity (Wildman–Crippen MR) is 81.7 cm³/mol. The summed E-state index contributed by atoms with van der Waals surface area (Å²) in [5.41, 5.74) is 9.28. The quantitative estimate of drug-likeness (QED) is 0.748. The lowest BCUT2D eigenvalue weighted by atomic mass is 10.1. The summed E-state index contributed by atoms with van der Waals surface area (Å²) in [4.78, 5) is 8.91. The van der Waals surface area contributed by atoms with Crippen molar-refractivity contribution in [2.24, 2.45) is 0 Å². The van der Waals surface area contributed by atoms with Crippen molar-refractivity contribution < 1.29 is 4.74 Å². The topological polar surface area (TPSA) is 61.0 Å². The summed E-state index contributed by atoms with van der Waals surface area (Å²) in [6.45, 7) is 0. The van der Waals surface area contributed by atoms with E-state index in [4.69, 9.17) is 10.5 Å². The molecule has 0 amide bonds. The number of anilines is 1. The van der Waals surface area contributed by atoms with E-state index in [0.29, 0.717) is 11.4 Å². The van der Waals surface area contributed by atoms with E-state index < -0.39 is 0 Å². The molecule has 0 aliphatic carbocycles. The average Bonchev–Trinajstić information content (AvgIpc) is 2.98. The molecule has 2 N–H and O–H groups in total. The number of hydrogen-bond donors (Lipinski definition) is 1. The number of pyridine rings is 1. The minimum atomic E-state index is 0.609. The number of methoxy groups -OCH3 is 1. The Balaban J connectivity index is 1.96. The molecule has 3 rings (SSSR count). The van der Waals surface area contributed by atoms with Crippen LogP contribution in [0, 0.1) is 0 Å². The molecule has 1 aromatic carbocycles. The number of hydrogen-bond acceptors (Lipinski definition) is 5. The fourth-order valence-electron chi connectivity index (χ4n) is 1.91. The summed E-state index contributed by atoms with van der Waals surface area (Å²) >= 11 is 1.57. The van der Waals surface area contributed by atoms with Crippen LogP contribution in [0.5, 0.6) is 5.75 Å². The van der Waals surface area contributed by atoms with Crippen LogP contribution in [-0.4, -0.2) is 17.1 Å². The van der Waals surface area contributed by atoms with Crippen molar-refractivity contribution >= 4 is 17.0 Å². The number of ether oxygens (including phenoxy) is 1. The third-order valence-electron chi connectivity index (χ3n) is 2.91. The van der Waals surface area contributed by atoms with Gasteiger partial charge >= 0.3 is 0 Å². The zero-order valence-corrected chi connectivity index (χ0v) is 11.7. The highest BCUT2D eigenvalue weighted by atomic mass is 32.1. The number of nitrogens with zero attached hydrogens (tertiary/aromatic N) is 2. The molecule has 0 aliphatic rings. The molecule has 5 heteroatoms. The van der Waals surface area contributed by atoms with Gasteiger partial charge in [-0.1, -0.05) is 6.07 Å². The molecule has 4 nitrogen and oxygen atoms in total. The Kier molecular flexibility index (Phi) is 3.35. The summed E-state index contributed by atoms with van der Waals surface area (Å²) in [7, 11) is 1.60. The number of nitrogens with two attached hydrogens (primary N) is 1. The van der Waals surface area contributed by atoms with Gasteiger partial charge in [0, 0.05) is 17.1 Å². The number of benzene rings is 1. The van der Waals surface area contributed by atoms with E-state index in [1.807, 2.05) is 41.8 Å². The molecule has 0 saturated heterocycles. The molecule has 100 valence electrons. The first-order valence-electron chi connectivity index (χ1n) is 6.09. The first-order chi connectivity index (χ1) is 9.78. The number of nitrogen functional groups attached to an aromatic ring is 1. The maximum atomic E-state index is 5.93. The second-order valence-electron chi connectivity index (χ2n) is 4.21. The zero-order valence-electron chi connectivity index (χ0n) is 10.9. The van der Waals surface area contributed by atoms with E-state index in [1.165, 1.54) is 0 Å². The summed E-state index contributed by atoms with van der Waals surface area (Å²) in [6.07, 6.45) is 1.77. The van der Waals surface area contributed by atoms with Crippen LogP contribution in [0.2, 0.25) is 0 Å². The Bertz CT molecular complexity index is 725. The summed E-state index contributed by atoms with van der Waals surface area (Å²) in [5, 5.41) is 2.90. The maximum absolute atomic E-state index is 5.93. The average molecular weight is 283 g/mol. The largest absolute Gasteiger partial charge is 0.495 e. The Labute approximate surface area is 120 Å². The van der Waals surface area contributed by atoms with Gasteiger partial charge < -0.3 is 10.5 Å². The highest BCUT2D eigenvalue weighted by molar-refractivity contribution is 7.13. The van der Waals surface area contributed by atoms with Crippen LogP contribution < -0.4 is 10.5 Å². The Morgan fingerprint density at radius 1 is 1.15 bits per heavy atom. The minimum absolute atomic E-state index is 0.609. The van der Waals surface area contributed by atoms with Crippen LogP contribution in [0.4, 0.5) is 5.69 Å². The SMILES string of the molecule is COc1ccc(-c2csc(-c3ccccn3)n2)cc1N. The Hall–Kier alpha value is -2.40. The molecule has 0 atom stereocenters. The van der Waals surface area contributed by atoms with Crippen LogP contribution in [-0.2, 0) is 0 Å². The number of thiazole rings is 1. The molecule has 0 fully saturated rings. The van der Waals surface area contributed by atoms with E-state index in [0.717, 1.165) is 22.0 Å². The summed E-state index contributed by atoms with van der Waals surface area (Å²) in [6, 6.07) is 11.5. The van der Waals surface area contributed by atoms with Gasteiger partial charge in [0.2, 0.25) is 0 Å². The standard InChI is InChI=1S/C15H13N3OS/c1-19-14-6-5-10(8-11(14)16)13-9-20-15(18-13)12-4-2-3-7-17-12/h2-9H,16H2,1H3. The highest BCUT2D eigenvalue weighted by Gasteiger charge is 2.09. The smallest absolute Gasteiger partial charge is 0.142 e. The van der Waals surface area contributed by atoms with E-state index in [1.54, 1.807) is 24.6 Å². The van der Waals surface area contributed by atoms with Crippen molar-refractivity contribution in [1.82, 2.24) is 9.97 Å². The highest BCUT2D eigenvalue weighted by Crippen LogP contribution is 2.31. The molecule has 0 bridgehead atoms. The van der Waals surface area contributed by atoms with Gasteiger partial charge in [0.15, 0.2) is 0 Å². The van der Waals surface area contributed by atoms with Gasteiger partial charge in [-0.25, -0.2) is 4.98 Å². The second kappa shape index (κ2) is 5.30. The lowest BCUT2D eigenvalue weighted by Gasteiger charge is -2.05. The molecule has 20 heavy (non-hydrogen) atoms. The molecule has 3 aromatic rings. The zero-order chi connectivity index (χ0) is 13.9. The molecular formula is C15H13N3OS. The molecule has 0 saturated carbocycles. The van der Waals surface area contributed by atoms with Crippen molar-refractivity contribution in [3.05, 3.63) is 48.0 Å². The van der Waals surface area contributed by atoms with Crippen molar-refractivity contribution in [1.29, 1.82) is 0 Å². The van der Waals surface area contributed by atoms with Crippen LogP contribution in [0.1, 0.15) is 0 Å². The molecule has 0 spiro atoms. The van der Waals surface area contributed by atoms with Gasteiger partial charge in [0.1, 0.15) is 10.8 Å². The van der Waals surface area contributed by atoms with E-state index in [9.17, 15) is 0 Å². The third kappa shape index (κ3) is 2.35. The maximum Gasteiger partial charge on any atom is 0.142 e. The fraction of sp³-hybridized carbons (Fsp3) is 0.0667. The van der Waals surface area contributed by atoms with Crippen LogP contribution >= 0.6 is 11.3 Å². The summed E-state index contributed by atoms with van der Waals surface area (Å²) < 4.78 is 5.16. The van der Waals surface area contributed by atoms with Crippen LogP contribution in [0.25, 0.3) is 22.0 Å². The molecule has 0 unspecified atom stereocenters. The van der Waals surface area contributed by atoms with Crippen LogP contribution in [0.15, 0.2) is 48.0 Å². The first-order valence-corrected chi connectivity index (χ1v) is 6.96. The number of aromatic nitrogens is 2. The fourth-order valence-corrected chi connectivity index (χ4v) is 2.71. The third-order valence-corrected chi connectivity index (χ3v) is 3.78. The van der Waals surface area contributed by atoms with Gasteiger partial charge in [0.25, 0.3) is 0 Å².